The van der Waals surface area contributed by atoms with Crippen molar-refractivity contribution < 1.29 is 9.47 Å². The largest absolute Gasteiger partial charge is 0.493 e. The van der Waals surface area contributed by atoms with E-state index in [-0.39, 0.29) is 0 Å². The normalized spacial score (nSPS) is 10.6. The Balaban J connectivity index is 1.99. The van der Waals surface area contributed by atoms with Crippen molar-refractivity contribution in [3.63, 3.8) is 0 Å². The van der Waals surface area contributed by atoms with E-state index >= 15 is 0 Å². The molecule has 96 valence electrons. The van der Waals surface area contributed by atoms with Crippen LogP contribution >= 0.6 is 22.9 Å². The fourth-order valence-corrected chi connectivity index (χ4v) is 2.86. The standard InChI is InChI=1S/C14H10ClNO2S/c1-17-10-6-2-3-7-11(10)18-14-16-13-9(15)5-4-8-12(13)19-14/h2-8H,1H3. The van der Waals surface area contributed by atoms with Crippen molar-refractivity contribution in [1.82, 2.24) is 4.98 Å². The van der Waals surface area contributed by atoms with Crippen LogP contribution in [0.2, 0.25) is 5.02 Å². The molecule has 0 aliphatic carbocycles. The molecule has 0 atom stereocenters. The van der Waals surface area contributed by atoms with Crippen LogP contribution in [-0.4, -0.2) is 12.1 Å². The average Bonchev–Trinajstić information content (AvgIpc) is 2.83. The molecule has 0 radical (unpaired) electrons. The number of para-hydroxylation sites is 3. The summed E-state index contributed by atoms with van der Waals surface area (Å²) in [6.45, 7) is 0. The number of hydrogen-bond acceptors (Lipinski definition) is 4. The number of hydrogen-bond donors (Lipinski definition) is 0. The fourth-order valence-electron chi connectivity index (χ4n) is 1.74. The van der Waals surface area contributed by atoms with Crippen LogP contribution in [0.1, 0.15) is 0 Å². The molecule has 0 aliphatic rings. The molecule has 0 N–H and O–H groups in total. The van der Waals surface area contributed by atoms with Gasteiger partial charge in [0.1, 0.15) is 5.52 Å². The Hall–Kier alpha value is -1.78. The Morgan fingerprint density at radius 1 is 1.05 bits per heavy atom. The van der Waals surface area contributed by atoms with Gasteiger partial charge < -0.3 is 9.47 Å². The third kappa shape index (κ3) is 2.37. The molecule has 3 aromatic rings. The summed E-state index contributed by atoms with van der Waals surface area (Å²) in [4.78, 5) is 4.39. The van der Waals surface area contributed by atoms with Gasteiger partial charge in [-0.05, 0) is 24.3 Å². The van der Waals surface area contributed by atoms with Gasteiger partial charge in [0.05, 0.1) is 16.8 Å². The van der Waals surface area contributed by atoms with Gasteiger partial charge in [-0.25, -0.2) is 4.98 Å². The van der Waals surface area contributed by atoms with Crippen LogP contribution < -0.4 is 9.47 Å². The smallest absolute Gasteiger partial charge is 0.280 e. The van der Waals surface area contributed by atoms with E-state index in [1.54, 1.807) is 7.11 Å². The number of thiazole rings is 1. The number of methoxy groups -OCH3 is 1. The Morgan fingerprint density at radius 3 is 2.58 bits per heavy atom. The summed E-state index contributed by atoms with van der Waals surface area (Å²) in [5.41, 5.74) is 0.763. The lowest BCUT2D eigenvalue weighted by Crippen LogP contribution is -1.89. The highest BCUT2D eigenvalue weighted by Crippen LogP contribution is 2.37. The van der Waals surface area contributed by atoms with Crippen LogP contribution in [0.25, 0.3) is 10.2 Å². The monoisotopic (exact) mass is 291 g/mol. The van der Waals surface area contributed by atoms with E-state index in [2.05, 4.69) is 4.98 Å². The first-order valence-electron chi connectivity index (χ1n) is 5.64. The molecule has 5 heteroatoms. The van der Waals surface area contributed by atoms with Gasteiger partial charge in [0, 0.05) is 0 Å². The Morgan fingerprint density at radius 2 is 1.84 bits per heavy atom. The first kappa shape index (κ1) is 12.3. The molecule has 0 unspecified atom stereocenters. The maximum atomic E-state index is 6.10. The van der Waals surface area contributed by atoms with Crippen molar-refractivity contribution in [2.45, 2.75) is 0 Å². The number of nitrogens with zero attached hydrogens (tertiary/aromatic N) is 1. The number of ether oxygens (including phenoxy) is 2. The van der Waals surface area contributed by atoms with Crippen molar-refractivity contribution >= 4 is 33.2 Å². The van der Waals surface area contributed by atoms with E-state index in [0.29, 0.717) is 21.7 Å². The van der Waals surface area contributed by atoms with Gasteiger partial charge in [0.25, 0.3) is 5.19 Å². The van der Waals surface area contributed by atoms with Gasteiger partial charge >= 0.3 is 0 Å². The van der Waals surface area contributed by atoms with Crippen LogP contribution in [-0.2, 0) is 0 Å². The molecule has 3 nitrogen and oxygen atoms in total. The second-order valence-electron chi connectivity index (χ2n) is 3.82. The van der Waals surface area contributed by atoms with Gasteiger partial charge in [0.2, 0.25) is 0 Å². The third-order valence-corrected chi connectivity index (χ3v) is 3.82. The maximum absolute atomic E-state index is 6.10. The molecule has 0 amide bonds. The molecular formula is C14H10ClNO2S. The molecule has 0 spiro atoms. The van der Waals surface area contributed by atoms with E-state index in [1.807, 2.05) is 42.5 Å². The summed E-state index contributed by atoms with van der Waals surface area (Å²) in [6, 6.07) is 13.1. The highest BCUT2D eigenvalue weighted by atomic mass is 35.5. The van der Waals surface area contributed by atoms with Crippen molar-refractivity contribution in [3.05, 3.63) is 47.5 Å². The average molecular weight is 292 g/mol. The lowest BCUT2D eigenvalue weighted by atomic mass is 10.3. The predicted octanol–water partition coefficient (Wildman–Crippen LogP) is 4.75. The third-order valence-electron chi connectivity index (χ3n) is 2.62. The molecule has 0 saturated heterocycles. The maximum Gasteiger partial charge on any atom is 0.280 e. The van der Waals surface area contributed by atoms with Crippen molar-refractivity contribution in [2.24, 2.45) is 0 Å². The predicted molar refractivity (Wildman–Crippen MR) is 77.7 cm³/mol. The quantitative estimate of drug-likeness (QED) is 0.698. The Kier molecular flexibility index (Phi) is 3.27. The molecule has 2 aromatic carbocycles. The molecule has 1 heterocycles. The number of benzene rings is 2. The molecule has 0 saturated carbocycles. The highest BCUT2D eigenvalue weighted by Gasteiger charge is 2.10. The molecule has 3 rings (SSSR count). The molecule has 0 bridgehead atoms. The van der Waals surface area contributed by atoms with E-state index in [4.69, 9.17) is 21.1 Å². The van der Waals surface area contributed by atoms with E-state index in [0.717, 1.165) is 10.2 Å². The summed E-state index contributed by atoms with van der Waals surface area (Å²) >= 11 is 7.55. The van der Waals surface area contributed by atoms with Crippen LogP contribution in [0.3, 0.4) is 0 Å². The zero-order valence-corrected chi connectivity index (χ0v) is 11.7. The minimum atomic E-state index is 0.549. The lowest BCUT2D eigenvalue weighted by molar-refractivity contribution is 0.378. The minimum absolute atomic E-state index is 0.549. The van der Waals surface area contributed by atoms with Gasteiger partial charge in [-0.3, -0.25) is 0 Å². The van der Waals surface area contributed by atoms with Crippen LogP contribution in [0.4, 0.5) is 0 Å². The van der Waals surface area contributed by atoms with Gasteiger partial charge in [0.15, 0.2) is 11.5 Å². The SMILES string of the molecule is COc1ccccc1Oc1nc2c(Cl)cccc2s1. The zero-order valence-electron chi connectivity index (χ0n) is 10.1. The summed E-state index contributed by atoms with van der Waals surface area (Å²) in [7, 11) is 1.61. The molecule has 1 aromatic heterocycles. The molecular weight excluding hydrogens is 282 g/mol. The summed E-state index contributed by atoms with van der Waals surface area (Å²) in [5.74, 6) is 1.31. The second kappa shape index (κ2) is 5.07. The first-order chi connectivity index (χ1) is 9.28. The lowest BCUT2D eigenvalue weighted by Gasteiger charge is -2.06. The zero-order chi connectivity index (χ0) is 13.2. The van der Waals surface area contributed by atoms with Crippen molar-refractivity contribution in [3.8, 4) is 16.7 Å². The summed E-state index contributed by atoms with van der Waals surface area (Å²) in [5, 5.41) is 1.18. The van der Waals surface area contributed by atoms with Gasteiger partial charge in [-0.1, -0.05) is 41.1 Å². The second-order valence-corrected chi connectivity index (χ2v) is 5.22. The van der Waals surface area contributed by atoms with E-state index in [9.17, 15) is 0 Å². The minimum Gasteiger partial charge on any atom is -0.493 e. The molecule has 0 aliphatic heterocycles. The van der Waals surface area contributed by atoms with Crippen LogP contribution in [0.5, 0.6) is 16.7 Å². The highest BCUT2D eigenvalue weighted by molar-refractivity contribution is 7.20. The number of halogens is 1. The van der Waals surface area contributed by atoms with Crippen LogP contribution in [0.15, 0.2) is 42.5 Å². The Bertz CT molecular complexity index is 726. The van der Waals surface area contributed by atoms with Crippen molar-refractivity contribution in [1.29, 1.82) is 0 Å². The van der Waals surface area contributed by atoms with Gasteiger partial charge in [-0.2, -0.15) is 0 Å². The summed E-state index contributed by atoms with van der Waals surface area (Å²) in [6.07, 6.45) is 0. The Labute approximate surface area is 119 Å². The number of rotatable bonds is 3. The van der Waals surface area contributed by atoms with Crippen molar-refractivity contribution in [2.75, 3.05) is 7.11 Å². The molecule has 19 heavy (non-hydrogen) atoms. The van der Waals surface area contributed by atoms with E-state index < -0.39 is 0 Å². The fraction of sp³-hybridized carbons (Fsp3) is 0.0714. The number of fused-ring (bicyclic) bond motifs is 1. The molecule has 0 fully saturated rings. The number of aromatic nitrogens is 1. The van der Waals surface area contributed by atoms with Crippen LogP contribution in [0, 0.1) is 0 Å². The first-order valence-corrected chi connectivity index (χ1v) is 6.83. The van der Waals surface area contributed by atoms with E-state index in [1.165, 1.54) is 11.3 Å². The topological polar surface area (TPSA) is 31.4 Å². The van der Waals surface area contributed by atoms with Gasteiger partial charge in [-0.15, -0.1) is 0 Å². The summed E-state index contributed by atoms with van der Waals surface area (Å²) < 4.78 is 12.0.